The first-order chi connectivity index (χ1) is 14.8. The van der Waals surface area contributed by atoms with Crippen LogP contribution in [-0.2, 0) is 10.0 Å². The number of hydrogen-bond donors (Lipinski definition) is 1. The molecule has 1 aliphatic heterocycles. The van der Waals surface area contributed by atoms with Gasteiger partial charge in [0.25, 0.3) is 15.9 Å². The lowest BCUT2D eigenvalue weighted by atomic mass is 10.0. The monoisotopic (exact) mass is 443 g/mol. The SMILES string of the molecule is Cc1ccc(S(=O)(=O)N(C)c2cccc(C(=O)NCCCN3CCCC(C)C3)c2)cc1. The minimum atomic E-state index is -3.69. The highest BCUT2D eigenvalue weighted by Crippen LogP contribution is 2.23. The summed E-state index contributed by atoms with van der Waals surface area (Å²) in [6, 6.07) is 13.5. The maximum atomic E-state index is 12.9. The lowest BCUT2D eigenvalue weighted by Crippen LogP contribution is -2.36. The normalized spacial score (nSPS) is 17.3. The van der Waals surface area contributed by atoms with E-state index in [1.54, 1.807) is 48.5 Å². The molecule has 1 unspecified atom stereocenters. The molecule has 6 nitrogen and oxygen atoms in total. The maximum absolute atomic E-state index is 12.9. The van der Waals surface area contributed by atoms with Crippen LogP contribution in [0.5, 0.6) is 0 Å². The average Bonchev–Trinajstić information content (AvgIpc) is 2.76. The van der Waals surface area contributed by atoms with E-state index in [1.807, 2.05) is 6.92 Å². The van der Waals surface area contributed by atoms with Crippen LogP contribution in [0, 0.1) is 12.8 Å². The molecule has 1 atom stereocenters. The Hall–Kier alpha value is -2.38. The van der Waals surface area contributed by atoms with Gasteiger partial charge in [0.1, 0.15) is 0 Å². The Labute approximate surface area is 186 Å². The number of likely N-dealkylation sites (tertiary alicyclic amines) is 1. The van der Waals surface area contributed by atoms with Crippen molar-refractivity contribution in [3.05, 3.63) is 59.7 Å². The molecular weight excluding hydrogens is 410 g/mol. The maximum Gasteiger partial charge on any atom is 0.264 e. The quantitative estimate of drug-likeness (QED) is 0.632. The van der Waals surface area contributed by atoms with Crippen molar-refractivity contribution >= 4 is 21.6 Å². The zero-order valence-electron chi connectivity index (χ0n) is 18.7. The molecule has 7 heteroatoms. The smallest absolute Gasteiger partial charge is 0.264 e. The zero-order valence-corrected chi connectivity index (χ0v) is 19.5. The Morgan fingerprint density at radius 2 is 1.94 bits per heavy atom. The summed E-state index contributed by atoms with van der Waals surface area (Å²) in [4.78, 5) is 15.3. The molecule has 1 N–H and O–H groups in total. The number of sulfonamides is 1. The third-order valence-electron chi connectivity index (χ3n) is 5.83. The molecule has 31 heavy (non-hydrogen) atoms. The molecular formula is C24H33N3O3S. The third kappa shape index (κ3) is 6.08. The summed E-state index contributed by atoms with van der Waals surface area (Å²) in [5.74, 6) is 0.564. The molecule has 168 valence electrons. The van der Waals surface area contributed by atoms with Crippen molar-refractivity contribution in [2.75, 3.05) is 37.5 Å². The summed E-state index contributed by atoms with van der Waals surface area (Å²) in [5.41, 5.74) is 1.90. The first-order valence-corrected chi connectivity index (χ1v) is 12.4. The lowest BCUT2D eigenvalue weighted by molar-refractivity contribution is 0.0950. The number of carbonyl (C=O) groups excluding carboxylic acids is 1. The van der Waals surface area contributed by atoms with Crippen LogP contribution in [-0.4, -0.2) is 52.5 Å². The molecule has 0 saturated carbocycles. The van der Waals surface area contributed by atoms with Gasteiger partial charge in [0, 0.05) is 25.7 Å². The molecule has 0 spiro atoms. The van der Waals surface area contributed by atoms with E-state index in [2.05, 4.69) is 17.1 Å². The molecule has 0 radical (unpaired) electrons. The highest BCUT2D eigenvalue weighted by molar-refractivity contribution is 7.92. The van der Waals surface area contributed by atoms with Crippen LogP contribution < -0.4 is 9.62 Å². The van der Waals surface area contributed by atoms with Crippen molar-refractivity contribution < 1.29 is 13.2 Å². The Balaban J connectivity index is 1.58. The van der Waals surface area contributed by atoms with Crippen LogP contribution in [0.25, 0.3) is 0 Å². The molecule has 2 aromatic rings. The van der Waals surface area contributed by atoms with Crippen molar-refractivity contribution in [1.82, 2.24) is 10.2 Å². The molecule has 3 rings (SSSR count). The van der Waals surface area contributed by atoms with Gasteiger partial charge in [0.15, 0.2) is 0 Å². The van der Waals surface area contributed by atoms with Crippen LogP contribution in [0.2, 0.25) is 0 Å². The molecule has 1 amide bonds. The summed E-state index contributed by atoms with van der Waals surface area (Å²) in [6.45, 7) is 8.07. The van der Waals surface area contributed by atoms with Crippen LogP contribution in [0.15, 0.2) is 53.4 Å². The summed E-state index contributed by atoms with van der Waals surface area (Å²) in [6.07, 6.45) is 3.46. The second-order valence-electron chi connectivity index (χ2n) is 8.49. The lowest BCUT2D eigenvalue weighted by Gasteiger charge is -2.30. The first kappa shape index (κ1) is 23.3. The summed E-state index contributed by atoms with van der Waals surface area (Å²) < 4.78 is 27.1. The second kappa shape index (κ2) is 10.3. The summed E-state index contributed by atoms with van der Waals surface area (Å²) in [5, 5.41) is 2.96. The molecule has 1 fully saturated rings. The number of benzene rings is 2. The zero-order chi connectivity index (χ0) is 22.4. The molecule has 2 aromatic carbocycles. The van der Waals surface area contributed by atoms with Gasteiger partial charge in [-0.3, -0.25) is 9.10 Å². The van der Waals surface area contributed by atoms with Crippen LogP contribution in [0.1, 0.15) is 42.1 Å². The number of hydrogen-bond acceptors (Lipinski definition) is 4. The van der Waals surface area contributed by atoms with Gasteiger partial charge >= 0.3 is 0 Å². The Kier molecular flexibility index (Phi) is 7.73. The molecule has 1 saturated heterocycles. The first-order valence-electron chi connectivity index (χ1n) is 10.9. The molecule has 0 bridgehead atoms. The van der Waals surface area contributed by atoms with Gasteiger partial charge in [-0.2, -0.15) is 0 Å². The Morgan fingerprint density at radius 1 is 1.19 bits per heavy atom. The summed E-state index contributed by atoms with van der Waals surface area (Å²) >= 11 is 0. The number of carbonyl (C=O) groups is 1. The number of amides is 1. The number of anilines is 1. The van der Waals surface area contributed by atoms with Crippen molar-refractivity contribution in [1.29, 1.82) is 0 Å². The molecule has 1 heterocycles. The second-order valence-corrected chi connectivity index (χ2v) is 10.5. The topological polar surface area (TPSA) is 69.7 Å². The fourth-order valence-corrected chi connectivity index (χ4v) is 5.13. The van der Waals surface area contributed by atoms with Gasteiger partial charge in [0.05, 0.1) is 10.6 Å². The molecule has 0 aromatic heterocycles. The third-order valence-corrected chi connectivity index (χ3v) is 7.63. The van der Waals surface area contributed by atoms with E-state index in [-0.39, 0.29) is 10.8 Å². The van der Waals surface area contributed by atoms with Crippen molar-refractivity contribution in [3.63, 3.8) is 0 Å². The van der Waals surface area contributed by atoms with E-state index in [4.69, 9.17) is 0 Å². The van der Waals surface area contributed by atoms with E-state index in [1.165, 1.54) is 24.2 Å². The van der Waals surface area contributed by atoms with E-state index in [9.17, 15) is 13.2 Å². The van der Waals surface area contributed by atoms with Crippen molar-refractivity contribution in [3.8, 4) is 0 Å². The van der Waals surface area contributed by atoms with Crippen molar-refractivity contribution in [2.24, 2.45) is 5.92 Å². The van der Waals surface area contributed by atoms with Crippen LogP contribution in [0.3, 0.4) is 0 Å². The van der Waals surface area contributed by atoms with Gasteiger partial charge in [-0.05, 0) is 75.5 Å². The van der Waals surface area contributed by atoms with Crippen LogP contribution >= 0.6 is 0 Å². The Bertz CT molecular complexity index is 989. The summed E-state index contributed by atoms with van der Waals surface area (Å²) in [7, 11) is -2.19. The van der Waals surface area contributed by atoms with E-state index < -0.39 is 10.0 Å². The van der Waals surface area contributed by atoms with E-state index in [0.717, 1.165) is 37.5 Å². The highest BCUT2D eigenvalue weighted by Gasteiger charge is 2.22. The predicted octanol–water partition coefficient (Wildman–Crippen LogP) is 3.67. The van der Waals surface area contributed by atoms with Gasteiger partial charge in [-0.15, -0.1) is 0 Å². The minimum absolute atomic E-state index is 0.185. The minimum Gasteiger partial charge on any atom is -0.352 e. The number of rotatable bonds is 8. The van der Waals surface area contributed by atoms with Gasteiger partial charge in [-0.1, -0.05) is 30.7 Å². The van der Waals surface area contributed by atoms with E-state index >= 15 is 0 Å². The number of aryl methyl sites for hydroxylation is 1. The van der Waals surface area contributed by atoms with Gasteiger partial charge < -0.3 is 10.2 Å². The molecule has 1 aliphatic rings. The largest absolute Gasteiger partial charge is 0.352 e. The standard InChI is InChI=1S/C24H33N3O3S/c1-19-10-12-23(13-11-19)31(29,30)26(3)22-9-4-8-21(17-22)24(28)25-14-6-16-27-15-5-7-20(2)18-27/h4,8-13,17,20H,5-7,14-16,18H2,1-3H3,(H,25,28). The van der Waals surface area contributed by atoms with E-state index in [0.29, 0.717) is 17.8 Å². The number of nitrogens with one attached hydrogen (secondary N) is 1. The Morgan fingerprint density at radius 3 is 2.65 bits per heavy atom. The van der Waals surface area contributed by atoms with Crippen LogP contribution in [0.4, 0.5) is 5.69 Å². The predicted molar refractivity (Wildman–Crippen MR) is 125 cm³/mol. The van der Waals surface area contributed by atoms with Crippen molar-refractivity contribution in [2.45, 2.75) is 38.0 Å². The fraction of sp³-hybridized carbons (Fsp3) is 0.458. The van der Waals surface area contributed by atoms with Gasteiger partial charge in [-0.25, -0.2) is 8.42 Å². The number of nitrogens with zero attached hydrogens (tertiary/aromatic N) is 2. The van der Waals surface area contributed by atoms with Gasteiger partial charge in [0.2, 0.25) is 0 Å². The highest BCUT2D eigenvalue weighted by atomic mass is 32.2. The fourth-order valence-electron chi connectivity index (χ4n) is 3.95. The average molecular weight is 444 g/mol. The molecule has 0 aliphatic carbocycles. The number of piperidine rings is 1.